The third kappa shape index (κ3) is 7.15. The molecule has 0 aromatic heterocycles. The van der Waals surface area contributed by atoms with Crippen molar-refractivity contribution in [3.8, 4) is 5.75 Å². The summed E-state index contributed by atoms with van der Waals surface area (Å²) in [6.07, 6.45) is -0.0498. The zero-order valence-electron chi connectivity index (χ0n) is 15.6. The van der Waals surface area contributed by atoms with Crippen LogP contribution in [0.4, 0.5) is 4.79 Å². The lowest BCUT2D eigenvalue weighted by Gasteiger charge is -2.23. The van der Waals surface area contributed by atoms with Gasteiger partial charge >= 0.3 is 6.09 Å². The van der Waals surface area contributed by atoms with Gasteiger partial charge in [-0.05, 0) is 50.5 Å². The van der Waals surface area contributed by atoms with Crippen LogP contribution in [-0.2, 0) is 17.8 Å². The Morgan fingerprint density at radius 1 is 1.08 bits per heavy atom. The van der Waals surface area contributed by atoms with Crippen LogP contribution in [0.2, 0.25) is 0 Å². The Kier molecular flexibility index (Phi) is 7.04. The van der Waals surface area contributed by atoms with Crippen LogP contribution in [0.3, 0.4) is 0 Å². The van der Waals surface area contributed by atoms with E-state index in [1.807, 2.05) is 54.6 Å². The summed E-state index contributed by atoms with van der Waals surface area (Å²) in [5, 5.41) is 12.3. The van der Waals surface area contributed by atoms with E-state index < -0.39 is 17.7 Å². The van der Waals surface area contributed by atoms with Crippen molar-refractivity contribution in [1.82, 2.24) is 5.32 Å². The van der Waals surface area contributed by atoms with Crippen LogP contribution in [0.15, 0.2) is 54.6 Å². The second kappa shape index (κ2) is 9.25. The standard InChI is InChI=1S/C21H27NO4/c1-21(2,3)26-20(24)22-18(14-23)12-17-10-7-11-19(13-17)25-15-16-8-5-4-6-9-16/h4-11,13,18,23H,12,14-15H2,1-3H3,(H,22,24)/t18-/m0/s1. The van der Waals surface area contributed by atoms with Crippen LogP contribution in [0.5, 0.6) is 5.75 Å². The summed E-state index contributed by atoms with van der Waals surface area (Å²) in [6.45, 7) is 5.72. The minimum Gasteiger partial charge on any atom is -0.489 e. The van der Waals surface area contributed by atoms with Crippen molar-refractivity contribution < 1.29 is 19.4 Å². The van der Waals surface area contributed by atoms with Gasteiger partial charge in [0.1, 0.15) is 18.0 Å². The maximum absolute atomic E-state index is 11.9. The molecule has 0 aliphatic heterocycles. The molecule has 2 aromatic rings. The van der Waals surface area contributed by atoms with E-state index in [9.17, 15) is 9.90 Å². The fraction of sp³-hybridized carbons (Fsp3) is 0.381. The number of aliphatic hydroxyl groups excluding tert-OH is 1. The minimum atomic E-state index is -0.574. The first-order valence-electron chi connectivity index (χ1n) is 8.72. The fourth-order valence-corrected chi connectivity index (χ4v) is 2.42. The number of ether oxygens (including phenoxy) is 2. The summed E-state index contributed by atoms with van der Waals surface area (Å²) in [5.41, 5.74) is 1.48. The van der Waals surface area contributed by atoms with Crippen molar-refractivity contribution in [2.24, 2.45) is 0 Å². The number of aliphatic hydroxyl groups is 1. The average molecular weight is 357 g/mol. The van der Waals surface area contributed by atoms with E-state index >= 15 is 0 Å². The second-order valence-electron chi connectivity index (χ2n) is 7.15. The maximum atomic E-state index is 11.9. The predicted molar refractivity (Wildman–Crippen MR) is 101 cm³/mol. The first kappa shape index (κ1) is 19.8. The first-order chi connectivity index (χ1) is 12.4. The second-order valence-corrected chi connectivity index (χ2v) is 7.15. The van der Waals surface area contributed by atoms with Crippen molar-refractivity contribution in [3.63, 3.8) is 0 Å². The Hall–Kier alpha value is -2.53. The molecule has 0 saturated heterocycles. The summed E-state index contributed by atoms with van der Waals surface area (Å²) in [6, 6.07) is 17.2. The third-order valence-electron chi connectivity index (χ3n) is 3.57. The van der Waals surface area contributed by atoms with Gasteiger partial charge in [0.15, 0.2) is 0 Å². The van der Waals surface area contributed by atoms with Crippen molar-refractivity contribution >= 4 is 6.09 Å². The monoisotopic (exact) mass is 357 g/mol. The smallest absolute Gasteiger partial charge is 0.407 e. The molecule has 5 nitrogen and oxygen atoms in total. The number of alkyl carbamates (subject to hydrolysis) is 1. The van der Waals surface area contributed by atoms with E-state index in [1.165, 1.54) is 0 Å². The van der Waals surface area contributed by atoms with Gasteiger partial charge in [0, 0.05) is 0 Å². The number of hydrogen-bond acceptors (Lipinski definition) is 4. The largest absolute Gasteiger partial charge is 0.489 e. The molecule has 5 heteroatoms. The number of rotatable bonds is 7. The fourth-order valence-electron chi connectivity index (χ4n) is 2.42. The molecule has 26 heavy (non-hydrogen) atoms. The maximum Gasteiger partial charge on any atom is 0.407 e. The summed E-state index contributed by atoms with van der Waals surface area (Å²) < 4.78 is 11.1. The van der Waals surface area contributed by atoms with Crippen LogP contribution in [0, 0.1) is 0 Å². The van der Waals surface area contributed by atoms with Crippen molar-refractivity contribution in [2.75, 3.05) is 6.61 Å². The Labute approximate surface area is 155 Å². The third-order valence-corrected chi connectivity index (χ3v) is 3.57. The van der Waals surface area contributed by atoms with Gasteiger partial charge in [0.2, 0.25) is 0 Å². The van der Waals surface area contributed by atoms with E-state index in [1.54, 1.807) is 20.8 Å². The highest BCUT2D eigenvalue weighted by atomic mass is 16.6. The highest BCUT2D eigenvalue weighted by molar-refractivity contribution is 5.68. The van der Waals surface area contributed by atoms with E-state index in [4.69, 9.17) is 9.47 Å². The highest BCUT2D eigenvalue weighted by Crippen LogP contribution is 2.17. The molecular weight excluding hydrogens is 330 g/mol. The Bertz CT molecular complexity index is 695. The molecule has 0 radical (unpaired) electrons. The highest BCUT2D eigenvalue weighted by Gasteiger charge is 2.19. The molecule has 0 unspecified atom stereocenters. The van der Waals surface area contributed by atoms with Crippen molar-refractivity contribution in [3.05, 3.63) is 65.7 Å². The zero-order chi connectivity index (χ0) is 19.0. The Morgan fingerprint density at radius 2 is 1.77 bits per heavy atom. The lowest BCUT2D eigenvalue weighted by Crippen LogP contribution is -2.42. The molecular formula is C21H27NO4. The molecule has 2 rings (SSSR count). The summed E-state index contributed by atoms with van der Waals surface area (Å²) in [4.78, 5) is 11.9. The molecule has 0 saturated carbocycles. The molecule has 2 aromatic carbocycles. The molecule has 2 N–H and O–H groups in total. The molecule has 0 fully saturated rings. The van der Waals surface area contributed by atoms with Crippen LogP contribution < -0.4 is 10.1 Å². The van der Waals surface area contributed by atoms with Crippen LogP contribution in [0.1, 0.15) is 31.9 Å². The summed E-state index contributed by atoms with van der Waals surface area (Å²) in [5.74, 6) is 0.750. The molecule has 0 heterocycles. The van der Waals surface area contributed by atoms with Gasteiger partial charge < -0.3 is 19.9 Å². The number of carbonyl (C=O) groups is 1. The molecule has 0 spiro atoms. The van der Waals surface area contributed by atoms with Crippen molar-refractivity contribution in [2.45, 2.75) is 45.4 Å². The predicted octanol–water partition coefficient (Wildman–Crippen LogP) is 3.69. The zero-order valence-corrected chi connectivity index (χ0v) is 15.6. The van der Waals surface area contributed by atoms with E-state index in [-0.39, 0.29) is 6.61 Å². The normalized spacial score (nSPS) is 12.3. The van der Waals surface area contributed by atoms with Gasteiger partial charge in [-0.1, -0.05) is 42.5 Å². The van der Waals surface area contributed by atoms with Gasteiger partial charge in [0.05, 0.1) is 12.6 Å². The summed E-state index contributed by atoms with van der Waals surface area (Å²) >= 11 is 0. The average Bonchev–Trinajstić information content (AvgIpc) is 2.59. The molecule has 0 aliphatic carbocycles. The molecule has 140 valence electrons. The van der Waals surface area contributed by atoms with E-state index in [0.717, 1.165) is 16.9 Å². The van der Waals surface area contributed by atoms with Crippen LogP contribution >= 0.6 is 0 Å². The van der Waals surface area contributed by atoms with Crippen molar-refractivity contribution in [1.29, 1.82) is 0 Å². The topological polar surface area (TPSA) is 67.8 Å². The van der Waals surface area contributed by atoms with Gasteiger partial charge in [-0.2, -0.15) is 0 Å². The Balaban J connectivity index is 1.92. The lowest BCUT2D eigenvalue weighted by molar-refractivity contribution is 0.0483. The number of amides is 1. The SMILES string of the molecule is CC(C)(C)OC(=O)N[C@H](CO)Cc1cccc(OCc2ccccc2)c1. The molecule has 0 bridgehead atoms. The molecule has 1 amide bonds. The van der Waals surface area contributed by atoms with Gasteiger partial charge in [-0.25, -0.2) is 4.79 Å². The van der Waals surface area contributed by atoms with E-state index in [0.29, 0.717) is 13.0 Å². The minimum absolute atomic E-state index is 0.172. The van der Waals surface area contributed by atoms with Gasteiger partial charge in [0.25, 0.3) is 0 Å². The quantitative estimate of drug-likeness (QED) is 0.793. The van der Waals surface area contributed by atoms with E-state index in [2.05, 4.69) is 5.32 Å². The number of hydrogen-bond donors (Lipinski definition) is 2. The number of carbonyl (C=O) groups excluding carboxylic acids is 1. The van der Waals surface area contributed by atoms with Crippen LogP contribution in [-0.4, -0.2) is 29.4 Å². The van der Waals surface area contributed by atoms with Crippen LogP contribution in [0.25, 0.3) is 0 Å². The Morgan fingerprint density at radius 3 is 2.42 bits per heavy atom. The first-order valence-corrected chi connectivity index (χ1v) is 8.72. The lowest BCUT2D eigenvalue weighted by atomic mass is 10.1. The molecule has 1 atom stereocenters. The number of nitrogens with one attached hydrogen (secondary N) is 1. The van der Waals surface area contributed by atoms with Gasteiger partial charge in [-0.15, -0.1) is 0 Å². The molecule has 0 aliphatic rings. The van der Waals surface area contributed by atoms with Gasteiger partial charge in [-0.3, -0.25) is 0 Å². The number of benzene rings is 2. The summed E-state index contributed by atoms with van der Waals surface area (Å²) in [7, 11) is 0.